The maximum absolute atomic E-state index is 12.5. The Bertz CT molecular complexity index is 1020. The highest BCUT2D eigenvalue weighted by Crippen LogP contribution is 2.28. The second-order valence-electron chi connectivity index (χ2n) is 5.76. The molecule has 0 aliphatic heterocycles. The van der Waals surface area contributed by atoms with E-state index in [1.165, 1.54) is 23.5 Å². The third-order valence-electron chi connectivity index (χ3n) is 3.82. The molecule has 2 aromatic heterocycles. The molecule has 9 heteroatoms. The number of rotatable bonds is 7. The zero-order chi connectivity index (χ0) is 19.4. The highest BCUT2D eigenvalue weighted by Gasteiger charge is 2.17. The van der Waals surface area contributed by atoms with Crippen molar-refractivity contribution >= 4 is 33.0 Å². The van der Waals surface area contributed by atoms with E-state index in [1.54, 1.807) is 31.4 Å². The number of carbonyl (C=O) groups is 1. The van der Waals surface area contributed by atoms with Crippen molar-refractivity contribution in [2.24, 2.45) is 0 Å². The molecular weight excluding hydrogens is 386 g/mol. The van der Waals surface area contributed by atoms with Crippen molar-refractivity contribution in [2.45, 2.75) is 31.7 Å². The van der Waals surface area contributed by atoms with E-state index in [2.05, 4.69) is 15.0 Å². The van der Waals surface area contributed by atoms with Crippen molar-refractivity contribution in [1.82, 2.24) is 9.71 Å². The molecule has 0 aliphatic carbocycles. The normalized spacial score (nSPS) is 11.5. The van der Waals surface area contributed by atoms with Crippen LogP contribution in [0.2, 0.25) is 0 Å². The van der Waals surface area contributed by atoms with E-state index in [0.717, 1.165) is 10.6 Å². The van der Waals surface area contributed by atoms with E-state index in [-0.39, 0.29) is 17.3 Å². The predicted molar refractivity (Wildman–Crippen MR) is 104 cm³/mol. The van der Waals surface area contributed by atoms with E-state index in [9.17, 15) is 13.2 Å². The maximum atomic E-state index is 12.5. The van der Waals surface area contributed by atoms with Crippen molar-refractivity contribution in [1.29, 1.82) is 0 Å². The first-order valence-electron chi connectivity index (χ1n) is 8.29. The molecule has 142 valence electrons. The molecule has 0 bridgehead atoms. The van der Waals surface area contributed by atoms with Gasteiger partial charge in [0.25, 0.3) is 0 Å². The van der Waals surface area contributed by atoms with Crippen LogP contribution in [0.5, 0.6) is 0 Å². The topological polar surface area (TPSA) is 101 Å². The van der Waals surface area contributed by atoms with Crippen LogP contribution in [0.1, 0.15) is 23.9 Å². The lowest BCUT2D eigenvalue weighted by molar-refractivity contribution is -0.115. The molecule has 2 heterocycles. The van der Waals surface area contributed by atoms with Gasteiger partial charge in [-0.25, -0.2) is 18.1 Å². The molecule has 27 heavy (non-hydrogen) atoms. The standard InChI is InChI=1S/C18H19N3O4S2/c1-3-17(22)21-13-6-8-14(9-7-13)27(23,24)19-11-16-12(2)20-18(26-16)15-5-4-10-25-15/h4-10,19H,3,11H2,1-2H3,(H,21,22). The SMILES string of the molecule is CCC(=O)Nc1ccc(S(=O)(=O)NCc2sc(-c3ccco3)nc2C)cc1. The number of aromatic nitrogens is 1. The van der Waals surface area contributed by atoms with Gasteiger partial charge in [-0.1, -0.05) is 6.92 Å². The number of carbonyl (C=O) groups excluding carboxylic acids is 1. The Labute approximate surface area is 161 Å². The lowest BCUT2D eigenvalue weighted by Gasteiger charge is -2.08. The van der Waals surface area contributed by atoms with Crippen molar-refractivity contribution in [3.8, 4) is 10.8 Å². The second-order valence-corrected chi connectivity index (χ2v) is 8.61. The second kappa shape index (κ2) is 8.03. The molecule has 3 aromatic rings. The molecule has 3 rings (SSSR count). The van der Waals surface area contributed by atoms with Gasteiger partial charge in [0.05, 0.1) is 16.9 Å². The first kappa shape index (κ1) is 19.3. The van der Waals surface area contributed by atoms with Crippen LogP contribution in [0.15, 0.2) is 52.0 Å². The Morgan fingerprint density at radius 3 is 2.59 bits per heavy atom. The minimum Gasteiger partial charge on any atom is -0.462 e. The number of thiazole rings is 1. The largest absolute Gasteiger partial charge is 0.462 e. The molecule has 1 amide bonds. The molecule has 0 saturated heterocycles. The Kier molecular flexibility index (Phi) is 5.73. The Morgan fingerprint density at radius 2 is 1.96 bits per heavy atom. The molecule has 1 aromatic carbocycles. The van der Waals surface area contributed by atoms with Crippen molar-refractivity contribution in [3.05, 3.63) is 53.2 Å². The molecule has 2 N–H and O–H groups in total. The van der Waals surface area contributed by atoms with Crippen LogP contribution in [-0.2, 0) is 21.4 Å². The molecule has 0 unspecified atom stereocenters. The van der Waals surface area contributed by atoms with Crippen molar-refractivity contribution < 1.29 is 17.6 Å². The smallest absolute Gasteiger partial charge is 0.240 e. The van der Waals surface area contributed by atoms with Gasteiger partial charge in [0.1, 0.15) is 0 Å². The molecular formula is C18H19N3O4S2. The lowest BCUT2D eigenvalue weighted by atomic mass is 10.3. The van der Waals surface area contributed by atoms with E-state index < -0.39 is 10.0 Å². The van der Waals surface area contributed by atoms with Gasteiger partial charge < -0.3 is 9.73 Å². The summed E-state index contributed by atoms with van der Waals surface area (Å²) >= 11 is 1.39. The van der Waals surface area contributed by atoms with E-state index in [1.807, 2.05) is 13.0 Å². The average Bonchev–Trinajstić information content (AvgIpc) is 3.30. The average molecular weight is 406 g/mol. The maximum Gasteiger partial charge on any atom is 0.240 e. The predicted octanol–water partition coefficient (Wildman–Crippen LogP) is 3.54. The lowest BCUT2D eigenvalue weighted by Crippen LogP contribution is -2.23. The van der Waals surface area contributed by atoms with Crippen LogP contribution >= 0.6 is 11.3 Å². The Hall–Kier alpha value is -2.49. The molecule has 0 aliphatic rings. The summed E-state index contributed by atoms with van der Waals surface area (Å²) in [5.74, 6) is 0.527. The van der Waals surface area contributed by atoms with Gasteiger partial charge in [-0.05, 0) is 43.3 Å². The molecule has 0 fully saturated rings. The van der Waals surface area contributed by atoms with Crippen LogP contribution in [0.25, 0.3) is 10.8 Å². The number of nitrogens with one attached hydrogen (secondary N) is 2. The number of benzene rings is 1. The molecule has 0 saturated carbocycles. The van der Waals surface area contributed by atoms with Crippen LogP contribution in [-0.4, -0.2) is 19.3 Å². The summed E-state index contributed by atoms with van der Waals surface area (Å²) in [6.45, 7) is 3.72. The number of nitrogens with zero attached hydrogens (tertiary/aromatic N) is 1. The third-order valence-corrected chi connectivity index (χ3v) is 6.41. The monoisotopic (exact) mass is 405 g/mol. The van der Waals surface area contributed by atoms with Crippen LogP contribution in [0, 0.1) is 6.92 Å². The van der Waals surface area contributed by atoms with Crippen molar-refractivity contribution in [2.75, 3.05) is 5.32 Å². The number of sulfonamides is 1. The van der Waals surface area contributed by atoms with Crippen LogP contribution in [0.3, 0.4) is 0 Å². The van der Waals surface area contributed by atoms with Gasteiger partial charge in [-0.3, -0.25) is 4.79 Å². The van der Waals surface area contributed by atoms with Crippen LogP contribution < -0.4 is 10.0 Å². The summed E-state index contributed by atoms with van der Waals surface area (Å²) in [7, 11) is -3.68. The fourth-order valence-corrected chi connectivity index (χ4v) is 4.37. The molecule has 7 nitrogen and oxygen atoms in total. The summed E-state index contributed by atoms with van der Waals surface area (Å²) in [6, 6.07) is 9.64. The van der Waals surface area contributed by atoms with Gasteiger partial charge in [0.2, 0.25) is 15.9 Å². The fourth-order valence-electron chi connectivity index (χ4n) is 2.31. The van der Waals surface area contributed by atoms with Gasteiger partial charge in [0, 0.05) is 23.5 Å². The summed E-state index contributed by atoms with van der Waals surface area (Å²) in [4.78, 5) is 16.8. The first-order valence-corrected chi connectivity index (χ1v) is 10.6. The third kappa shape index (κ3) is 4.62. The molecule has 0 atom stereocenters. The quantitative estimate of drug-likeness (QED) is 0.626. The minimum atomic E-state index is -3.68. The van der Waals surface area contributed by atoms with Gasteiger partial charge >= 0.3 is 0 Å². The Morgan fingerprint density at radius 1 is 1.22 bits per heavy atom. The summed E-state index contributed by atoms with van der Waals surface area (Å²) < 4.78 is 32.9. The zero-order valence-electron chi connectivity index (χ0n) is 14.9. The highest BCUT2D eigenvalue weighted by molar-refractivity contribution is 7.89. The van der Waals surface area contributed by atoms with E-state index in [4.69, 9.17) is 4.42 Å². The summed E-state index contributed by atoms with van der Waals surface area (Å²) in [5, 5.41) is 3.39. The summed E-state index contributed by atoms with van der Waals surface area (Å²) in [6.07, 6.45) is 1.93. The number of furan rings is 1. The van der Waals surface area contributed by atoms with Crippen LogP contribution in [0.4, 0.5) is 5.69 Å². The first-order chi connectivity index (χ1) is 12.9. The minimum absolute atomic E-state index is 0.128. The van der Waals surface area contributed by atoms with E-state index >= 15 is 0 Å². The van der Waals surface area contributed by atoms with Gasteiger partial charge in [-0.15, -0.1) is 11.3 Å². The Balaban J connectivity index is 1.69. The number of amides is 1. The fraction of sp³-hybridized carbons (Fsp3) is 0.222. The molecule has 0 spiro atoms. The highest BCUT2D eigenvalue weighted by atomic mass is 32.2. The van der Waals surface area contributed by atoms with Crippen molar-refractivity contribution in [3.63, 3.8) is 0 Å². The zero-order valence-corrected chi connectivity index (χ0v) is 16.5. The number of aryl methyl sites for hydroxylation is 1. The number of anilines is 1. The number of hydrogen-bond acceptors (Lipinski definition) is 6. The summed E-state index contributed by atoms with van der Waals surface area (Å²) in [5.41, 5.74) is 1.31. The number of hydrogen-bond donors (Lipinski definition) is 2. The molecule has 0 radical (unpaired) electrons. The van der Waals surface area contributed by atoms with E-state index in [0.29, 0.717) is 22.9 Å². The van der Waals surface area contributed by atoms with Gasteiger partial charge in [0.15, 0.2) is 10.8 Å². The van der Waals surface area contributed by atoms with Gasteiger partial charge in [-0.2, -0.15) is 0 Å².